The Morgan fingerprint density at radius 2 is 2.26 bits per heavy atom. The number of aromatic nitrogens is 1. The molecule has 0 spiro atoms. The molecule has 1 aromatic heterocycles. The summed E-state index contributed by atoms with van der Waals surface area (Å²) in [4.78, 5) is 4.42. The van der Waals surface area contributed by atoms with E-state index in [0.717, 1.165) is 30.5 Å². The molecule has 1 atom stereocenters. The summed E-state index contributed by atoms with van der Waals surface area (Å²) in [6.45, 7) is 1.06. The molecule has 100 valence electrons. The van der Waals surface area contributed by atoms with Gasteiger partial charge in [-0.25, -0.2) is 13.8 Å². The van der Waals surface area contributed by atoms with E-state index in [2.05, 4.69) is 10.3 Å². The van der Waals surface area contributed by atoms with E-state index < -0.39 is 11.6 Å². The first-order valence-corrected chi connectivity index (χ1v) is 7.24. The first-order valence-electron chi connectivity index (χ1n) is 6.36. The van der Waals surface area contributed by atoms with Crippen LogP contribution in [0.5, 0.6) is 0 Å². The van der Waals surface area contributed by atoms with Crippen molar-refractivity contribution in [2.45, 2.75) is 25.3 Å². The Bertz CT molecular complexity index is 577. The third-order valence-corrected chi connectivity index (χ3v) is 4.23. The molecule has 5 heteroatoms. The topological polar surface area (TPSA) is 24.9 Å². The third-order valence-electron chi connectivity index (χ3n) is 3.36. The Morgan fingerprint density at radius 1 is 1.37 bits per heavy atom. The molecule has 2 aromatic rings. The van der Waals surface area contributed by atoms with Crippen LogP contribution in [0, 0.1) is 11.6 Å². The second-order valence-corrected chi connectivity index (χ2v) is 5.67. The van der Waals surface area contributed by atoms with Crippen LogP contribution in [0.25, 0.3) is 11.3 Å². The zero-order valence-corrected chi connectivity index (χ0v) is 11.1. The van der Waals surface area contributed by atoms with Gasteiger partial charge < -0.3 is 5.32 Å². The highest BCUT2D eigenvalue weighted by atomic mass is 32.1. The normalized spacial score (nSPS) is 18.9. The highest BCUT2D eigenvalue weighted by Crippen LogP contribution is 2.27. The number of nitrogens with one attached hydrogen (secondary N) is 1. The van der Waals surface area contributed by atoms with Crippen LogP contribution in [0.15, 0.2) is 23.6 Å². The van der Waals surface area contributed by atoms with Gasteiger partial charge in [-0.1, -0.05) is 6.07 Å². The Kier molecular flexibility index (Phi) is 3.57. The lowest BCUT2D eigenvalue weighted by Gasteiger charge is -2.06. The van der Waals surface area contributed by atoms with Gasteiger partial charge in [-0.05, 0) is 31.5 Å². The van der Waals surface area contributed by atoms with Crippen molar-refractivity contribution < 1.29 is 8.78 Å². The van der Waals surface area contributed by atoms with Crippen LogP contribution >= 0.6 is 11.3 Å². The fourth-order valence-electron chi connectivity index (χ4n) is 2.37. The van der Waals surface area contributed by atoms with Crippen molar-refractivity contribution >= 4 is 11.3 Å². The molecule has 1 aliphatic heterocycles. The number of hydrogen-bond donors (Lipinski definition) is 1. The number of rotatable bonds is 3. The van der Waals surface area contributed by atoms with Gasteiger partial charge in [0.1, 0.15) is 0 Å². The molecule has 1 saturated heterocycles. The summed E-state index contributed by atoms with van der Waals surface area (Å²) in [5, 5.41) is 6.17. The van der Waals surface area contributed by atoms with E-state index in [1.807, 2.05) is 0 Å². The first-order chi connectivity index (χ1) is 9.24. The van der Waals surface area contributed by atoms with Crippen molar-refractivity contribution in [3.8, 4) is 11.3 Å². The summed E-state index contributed by atoms with van der Waals surface area (Å²) >= 11 is 1.51. The molecule has 0 bridgehead atoms. The van der Waals surface area contributed by atoms with Gasteiger partial charge in [-0.15, -0.1) is 11.3 Å². The summed E-state index contributed by atoms with van der Waals surface area (Å²) in [5.41, 5.74) is 0.761. The lowest BCUT2D eigenvalue weighted by atomic mass is 10.1. The third kappa shape index (κ3) is 2.67. The van der Waals surface area contributed by atoms with Crippen molar-refractivity contribution in [3.05, 3.63) is 40.2 Å². The van der Waals surface area contributed by atoms with E-state index in [-0.39, 0.29) is 5.56 Å². The molecular formula is C14H14F2N2S. The lowest BCUT2D eigenvalue weighted by molar-refractivity contribution is 0.511. The standard InChI is InChI=1S/C14H14F2N2S/c15-11-5-1-4-10(14(11)16)12-8-19-13(18-12)7-9-3-2-6-17-9/h1,4-5,8-9,17H,2-3,6-7H2. The maximum atomic E-state index is 13.7. The predicted molar refractivity (Wildman–Crippen MR) is 72.2 cm³/mol. The monoisotopic (exact) mass is 280 g/mol. The van der Waals surface area contributed by atoms with Gasteiger partial charge in [-0.2, -0.15) is 0 Å². The van der Waals surface area contributed by atoms with Crippen LogP contribution in [-0.4, -0.2) is 17.6 Å². The van der Waals surface area contributed by atoms with E-state index in [1.54, 1.807) is 11.4 Å². The van der Waals surface area contributed by atoms with Gasteiger partial charge in [-0.3, -0.25) is 0 Å². The van der Waals surface area contributed by atoms with E-state index in [4.69, 9.17) is 0 Å². The summed E-state index contributed by atoms with van der Waals surface area (Å²) in [6.07, 6.45) is 3.21. The molecule has 1 fully saturated rings. The minimum Gasteiger partial charge on any atom is -0.314 e. The zero-order valence-electron chi connectivity index (χ0n) is 10.3. The van der Waals surface area contributed by atoms with Crippen LogP contribution in [0.4, 0.5) is 8.78 Å². The maximum absolute atomic E-state index is 13.7. The minimum absolute atomic E-state index is 0.238. The summed E-state index contributed by atoms with van der Waals surface area (Å²) in [6, 6.07) is 4.65. The van der Waals surface area contributed by atoms with Gasteiger partial charge >= 0.3 is 0 Å². The zero-order chi connectivity index (χ0) is 13.2. The van der Waals surface area contributed by atoms with Crippen molar-refractivity contribution in [1.29, 1.82) is 0 Å². The summed E-state index contributed by atoms with van der Waals surface area (Å²) in [5.74, 6) is -1.65. The van der Waals surface area contributed by atoms with E-state index >= 15 is 0 Å². The smallest absolute Gasteiger partial charge is 0.168 e. The number of thiazole rings is 1. The first kappa shape index (κ1) is 12.7. The second-order valence-electron chi connectivity index (χ2n) is 4.73. The number of nitrogens with zero attached hydrogens (tertiary/aromatic N) is 1. The minimum atomic E-state index is -0.829. The van der Waals surface area contributed by atoms with Crippen molar-refractivity contribution in [2.75, 3.05) is 6.54 Å². The number of benzene rings is 1. The molecular weight excluding hydrogens is 266 g/mol. The van der Waals surface area contributed by atoms with Gasteiger partial charge in [0.25, 0.3) is 0 Å². The quantitative estimate of drug-likeness (QED) is 0.932. The summed E-state index contributed by atoms with van der Waals surface area (Å²) < 4.78 is 26.9. The predicted octanol–water partition coefficient (Wildman–Crippen LogP) is 3.38. The Balaban J connectivity index is 1.82. The molecule has 2 nitrogen and oxygen atoms in total. The molecule has 1 aliphatic rings. The largest absolute Gasteiger partial charge is 0.314 e. The van der Waals surface area contributed by atoms with E-state index in [0.29, 0.717) is 11.7 Å². The average molecular weight is 280 g/mol. The second kappa shape index (κ2) is 5.35. The molecule has 1 unspecified atom stereocenters. The lowest BCUT2D eigenvalue weighted by Crippen LogP contribution is -2.23. The highest BCUT2D eigenvalue weighted by Gasteiger charge is 2.17. The molecule has 0 aliphatic carbocycles. The molecule has 3 rings (SSSR count). The molecule has 0 radical (unpaired) electrons. The van der Waals surface area contributed by atoms with Crippen molar-refractivity contribution in [3.63, 3.8) is 0 Å². The summed E-state index contributed by atoms with van der Waals surface area (Å²) in [7, 11) is 0. The van der Waals surface area contributed by atoms with Crippen LogP contribution in [0.1, 0.15) is 17.8 Å². The highest BCUT2D eigenvalue weighted by molar-refractivity contribution is 7.09. The van der Waals surface area contributed by atoms with E-state index in [9.17, 15) is 8.78 Å². The van der Waals surface area contributed by atoms with Gasteiger partial charge in [0.2, 0.25) is 0 Å². The van der Waals surface area contributed by atoms with E-state index in [1.165, 1.54) is 23.8 Å². The average Bonchev–Trinajstić information content (AvgIpc) is 3.05. The fraction of sp³-hybridized carbons (Fsp3) is 0.357. The molecule has 0 amide bonds. The Morgan fingerprint density at radius 3 is 3.05 bits per heavy atom. The van der Waals surface area contributed by atoms with Crippen LogP contribution in [0.2, 0.25) is 0 Å². The van der Waals surface area contributed by atoms with Crippen LogP contribution in [0.3, 0.4) is 0 Å². The molecule has 1 aromatic carbocycles. The van der Waals surface area contributed by atoms with Crippen molar-refractivity contribution in [2.24, 2.45) is 0 Å². The molecule has 1 N–H and O–H groups in total. The fourth-order valence-corrected chi connectivity index (χ4v) is 3.25. The number of halogens is 2. The van der Waals surface area contributed by atoms with Crippen LogP contribution < -0.4 is 5.32 Å². The molecule has 0 saturated carbocycles. The number of hydrogen-bond acceptors (Lipinski definition) is 3. The van der Waals surface area contributed by atoms with Gasteiger partial charge in [0.15, 0.2) is 11.6 Å². The van der Waals surface area contributed by atoms with Crippen LogP contribution in [-0.2, 0) is 6.42 Å². The Hall–Kier alpha value is -1.33. The van der Waals surface area contributed by atoms with Gasteiger partial charge in [0, 0.05) is 23.4 Å². The SMILES string of the molecule is Fc1cccc(-c2csc(CC3CCCN3)n2)c1F. The molecule has 19 heavy (non-hydrogen) atoms. The maximum Gasteiger partial charge on any atom is 0.168 e. The Labute approximate surface area is 114 Å². The molecule has 2 heterocycles. The van der Waals surface area contributed by atoms with Gasteiger partial charge in [0.05, 0.1) is 10.7 Å². The van der Waals surface area contributed by atoms with Crippen molar-refractivity contribution in [1.82, 2.24) is 10.3 Å².